The fourth-order valence-electron chi connectivity index (χ4n) is 2.72. The number of hydrogen-bond donors (Lipinski definition) is 0. The molecule has 22 heavy (non-hydrogen) atoms. The molecule has 0 aliphatic carbocycles. The Kier molecular flexibility index (Phi) is 3.98. The van der Waals surface area contributed by atoms with Gasteiger partial charge in [-0.2, -0.15) is 0 Å². The van der Waals surface area contributed by atoms with E-state index in [9.17, 15) is 9.59 Å². The number of methoxy groups -OCH3 is 1. The minimum absolute atomic E-state index is 0.0623. The van der Waals surface area contributed by atoms with Crippen molar-refractivity contribution >= 4 is 23.5 Å². The Labute approximate surface area is 132 Å². The molecule has 3 rings (SSSR count). The van der Waals surface area contributed by atoms with Gasteiger partial charge in [-0.3, -0.25) is 9.59 Å². The summed E-state index contributed by atoms with van der Waals surface area (Å²) in [6.07, 6.45) is 1.70. The first-order valence-corrected chi connectivity index (χ1v) is 7.79. The molecule has 5 heteroatoms. The van der Waals surface area contributed by atoms with Crippen LogP contribution in [0.5, 0.6) is 0 Å². The van der Waals surface area contributed by atoms with Crippen molar-refractivity contribution in [3.05, 3.63) is 53.7 Å². The van der Waals surface area contributed by atoms with Crippen molar-refractivity contribution in [3.8, 4) is 0 Å². The van der Waals surface area contributed by atoms with Gasteiger partial charge in [-0.1, -0.05) is 43.0 Å². The summed E-state index contributed by atoms with van der Waals surface area (Å²) < 4.78 is 4.84. The molecule has 112 valence electrons. The second kappa shape index (κ2) is 5.93. The summed E-state index contributed by atoms with van der Waals surface area (Å²) in [5, 5.41) is 0.765. The van der Waals surface area contributed by atoms with Crippen molar-refractivity contribution in [3.63, 3.8) is 0 Å². The van der Waals surface area contributed by atoms with Crippen molar-refractivity contribution in [1.29, 1.82) is 0 Å². The molecular weight excluding hydrogens is 298 g/mol. The molecule has 0 N–H and O–H groups in total. The number of Topliss-reactive ketones (excluding diaryl/α,β-unsaturated/α-hetero) is 1. The van der Waals surface area contributed by atoms with Crippen LogP contribution in [0.15, 0.2) is 52.5 Å². The van der Waals surface area contributed by atoms with E-state index in [4.69, 9.17) is 4.74 Å². The first kappa shape index (κ1) is 14.8. The van der Waals surface area contributed by atoms with Crippen LogP contribution in [-0.4, -0.2) is 23.8 Å². The average Bonchev–Trinajstić information content (AvgIpc) is 2.67. The minimum Gasteiger partial charge on any atom is -0.469 e. The molecule has 0 radical (unpaired) electrons. The third-order valence-electron chi connectivity index (χ3n) is 3.85. The normalized spacial score (nSPS) is 17.9. The van der Waals surface area contributed by atoms with Crippen molar-refractivity contribution in [2.24, 2.45) is 5.92 Å². The Morgan fingerprint density at radius 2 is 2.05 bits per heavy atom. The molecule has 1 aromatic heterocycles. The second-order valence-electron chi connectivity index (χ2n) is 5.15. The Balaban J connectivity index is 2.19. The molecule has 0 spiro atoms. The lowest BCUT2D eigenvalue weighted by Gasteiger charge is -2.21. The minimum atomic E-state index is -0.577. The maximum Gasteiger partial charge on any atom is 0.309 e. The van der Waals surface area contributed by atoms with Crippen LogP contribution < -0.4 is 0 Å². The maximum atomic E-state index is 13.0. The molecule has 0 amide bonds. The van der Waals surface area contributed by atoms with E-state index in [2.05, 4.69) is 4.98 Å². The lowest BCUT2D eigenvalue weighted by molar-refractivity contribution is -0.145. The average molecular weight is 313 g/mol. The SMILES string of the molecule is COC(=O)C(C)C1C(=O)c2ccccc2Sc2ncccc21. The first-order valence-electron chi connectivity index (χ1n) is 6.97. The van der Waals surface area contributed by atoms with Crippen molar-refractivity contribution in [1.82, 2.24) is 4.98 Å². The monoisotopic (exact) mass is 313 g/mol. The van der Waals surface area contributed by atoms with Crippen LogP contribution in [0.1, 0.15) is 28.8 Å². The molecule has 2 heterocycles. The number of pyridine rings is 1. The summed E-state index contributed by atoms with van der Waals surface area (Å²) in [6.45, 7) is 1.73. The van der Waals surface area contributed by atoms with Crippen LogP contribution in [0.4, 0.5) is 0 Å². The van der Waals surface area contributed by atoms with Crippen LogP contribution >= 0.6 is 11.8 Å². The van der Waals surface area contributed by atoms with Gasteiger partial charge in [0, 0.05) is 16.7 Å². The van der Waals surface area contributed by atoms with E-state index in [-0.39, 0.29) is 5.78 Å². The highest BCUT2D eigenvalue weighted by Crippen LogP contribution is 2.43. The number of carbonyl (C=O) groups is 2. The summed E-state index contributed by atoms with van der Waals surface area (Å²) in [5.41, 5.74) is 1.41. The Morgan fingerprint density at radius 3 is 2.82 bits per heavy atom. The van der Waals surface area contributed by atoms with E-state index in [1.807, 2.05) is 24.3 Å². The van der Waals surface area contributed by atoms with Crippen molar-refractivity contribution in [2.75, 3.05) is 7.11 Å². The molecule has 1 aliphatic rings. The fourth-order valence-corrected chi connectivity index (χ4v) is 3.78. The Bertz CT molecular complexity index is 744. The summed E-state index contributed by atoms with van der Waals surface area (Å²) in [4.78, 5) is 30.3. The fraction of sp³-hybridized carbons (Fsp3) is 0.235. The van der Waals surface area contributed by atoms with Gasteiger partial charge >= 0.3 is 5.97 Å². The molecule has 0 saturated carbocycles. The number of rotatable bonds is 2. The van der Waals surface area contributed by atoms with E-state index in [1.54, 1.807) is 25.3 Å². The highest BCUT2D eigenvalue weighted by atomic mass is 32.2. The molecule has 2 aromatic rings. The summed E-state index contributed by atoms with van der Waals surface area (Å²) in [7, 11) is 1.34. The van der Waals surface area contributed by atoms with Crippen molar-refractivity contribution in [2.45, 2.75) is 22.8 Å². The number of benzene rings is 1. The number of ether oxygens (including phenoxy) is 1. The third kappa shape index (κ3) is 2.41. The lowest BCUT2D eigenvalue weighted by atomic mass is 9.82. The molecule has 0 bridgehead atoms. The number of nitrogens with zero attached hydrogens (tertiary/aromatic N) is 1. The molecule has 0 saturated heterocycles. The van der Waals surface area contributed by atoms with Gasteiger partial charge in [0.15, 0.2) is 5.78 Å². The largest absolute Gasteiger partial charge is 0.469 e. The Hall–Kier alpha value is -2.14. The molecular formula is C17H15NO3S. The molecule has 4 nitrogen and oxygen atoms in total. The molecule has 1 aliphatic heterocycles. The highest BCUT2D eigenvalue weighted by Gasteiger charge is 2.37. The molecule has 1 aromatic carbocycles. The predicted octanol–water partition coefficient (Wildman–Crippen LogP) is 3.32. The Morgan fingerprint density at radius 1 is 1.27 bits per heavy atom. The standard InChI is InChI=1S/C17H15NO3S/c1-10(17(20)21-2)14-12-7-5-9-18-16(12)22-13-8-4-3-6-11(13)15(14)19/h3-10,14H,1-2H3. The number of hydrogen-bond acceptors (Lipinski definition) is 5. The third-order valence-corrected chi connectivity index (χ3v) is 4.96. The van der Waals surface area contributed by atoms with Crippen LogP contribution in [0.3, 0.4) is 0 Å². The van der Waals surface area contributed by atoms with Gasteiger partial charge < -0.3 is 4.74 Å². The van der Waals surface area contributed by atoms with E-state index in [1.165, 1.54) is 18.9 Å². The highest BCUT2D eigenvalue weighted by molar-refractivity contribution is 7.99. The number of ketones is 1. The van der Waals surface area contributed by atoms with Crippen LogP contribution in [0.2, 0.25) is 0 Å². The number of esters is 1. The zero-order chi connectivity index (χ0) is 15.7. The van der Waals surface area contributed by atoms with E-state index < -0.39 is 17.8 Å². The summed E-state index contributed by atoms with van der Waals surface area (Å²) >= 11 is 1.46. The summed E-state index contributed by atoms with van der Waals surface area (Å²) in [5.74, 6) is -1.59. The molecule has 2 unspecified atom stereocenters. The van der Waals surface area contributed by atoms with Gasteiger partial charge in [0.1, 0.15) is 5.03 Å². The van der Waals surface area contributed by atoms with E-state index in [0.29, 0.717) is 5.56 Å². The van der Waals surface area contributed by atoms with E-state index in [0.717, 1.165) is 15.5 Å². The summed E-state index contributed by atoms with van der Waals surface area (Å²) in [6, 6.07) is 11.1. The van der Waals surface area contributed by atoms with Gasteiger partial charge in [0.2, 0.25) is 0 Å². The second-order valence-corrected chi connectivity index (χ2v) is 6.18. The first-order chi connectivity index (χ1) is 10.6. The van der Waals surface area contributed by atoms with Crippen LogP contribution in [0.25, 0.3) is 0 Å². The van der Waals surface area contributed by atoms with Gasteiger partial charge in [0.25, 0.3) is 0 Å². The van der Waals surface area contributed by atoms with Crippen LogP contribution in [0, 0.1) is 5.92 Å². The zero-order valence-corrected chi connectivity index (χ0v) is 13.1. The van der Waals surface area contributed by atoms with Gasteiger partial charge in [-0.25, -0.2) is 4.98 Å². The van der Waals surface area contributed by atoms with E-state index >= 15 is 0 Å². The predicted molar refractivity (Wildman–Crippen MR) is 83.1 cm³/mol. The number of carbonyl (C=O) groups excluding carboxylic acids is 2. The van der Waals surface area contributed by atoms with Gasteiger partial charge in [0.05, 0.1) is 18.9 Å². The van der Waals surface area contributed by atoms with Gasteiger partial charge in [-0.05, 0) is 17.7 Å². The number of fused-ring (bicyclic) bond motifs is 2. The quantitative estimate of drug-likeness (QED) is 0.796. The smallest absolute Gasteiger partial charge is 0.309 e. The van der Waals surface area contributed by atoms with Gasteiger partial charge in [-0.15, -0.1) is 0 Å². The number of aromatic nitrogens is 1. The van der Waals surface area contributed by atoms with Crippen LogP contribution in [-0.2, 0) is 9.53 Å². The maximum absolute atomic E-state index is 13.0. The zero-order valence-electron chi connectivity index (χ0n) is 12.3. The molecule has 2 atom stereocenters. The van der Waals surface area contributed by atoms with Crippen molar-refractivity contribution < 1.29 is 14.3 Å². The topological polar surface area (TPSA) is 56.3 Å². The molecule has 0 fully saturated rings. The lowest BCUT2D eigenvalue weighted by Crippen LogP contribution is -2.27.